The van der Waals surface area contributed by atoms with Crippen LogP contribution in [-0.2, 0) is 4.79 Å². The van der Waals surface area contributed by atoms with Crippen molar-refractivity contribution in [2.75, 3.05) is 44.2 Å². The molecule has 222 valence electrons. The lowest BCUT2D eigenvalue weighted by Gasteiger charge is -2.38. The molecule has 1 N–H and O–H groups in total. The fourth-order valence-corrected chi connectivity index (χ4v) is 7.19. The number of likely N-dealkylation sites (tertiary alicyclic amines) is 2. The quantitative estimate of drug-likeness (QED) is 0.410. The number of hydrogen-bond acceptors (Lipinski definition) is 5. The number of aromatic nitrogens is 2. The summed E-state index contributed by atoms with van der Waals surface area (Å²) in [5, 5.41) is 11.0. The van der Waals surface area contributed by atoms with Crippen LogP contribution in [0.15, 0.2) is 67.3 Å². The Hall–Kier alpha value is -3.36. The van der Waals surface area contributed by atoms with Crippen molar-refractivity contribution in [1.29, 1.82) is 0 Å². The molecule has 0 aliphatic carbocycles. The first kappa shape index (κ1) is 28.7. The number of anilines is 1. The highest BCUT2D eigenvalue weighted by atomic mass is 35.5. The molecule has 0 saturated carbocycles. The number of nitrogens with zero attached hydrogens (tertiary/aromatic N) is 5. The van der Waals surface area contributed by atoms with Gasteiger partial charge in [-0.05, 0) is 74.1 Å². The molecule has 42 heavy (non-hydrogen) atoms. The van der Waals surface area contributed by atoms with Crippen LogP contribution in [0.5, 0.6) is 0 Å². The fourth-order valence-electron chi connectivity index (χ4n) is 6.94. The minimum atomic E-state index is -1.08. The second-order valence-corrected chi connectivity index (χ2v) is 12.5. The molecule has 3 saturated heterocycles. The molecule has 6 rings (SSSR count). The maximum atomic E-state index is 13.2. The predicted octanol–water partition coefficient (Wildman–Crippen LogP) is 5.20. The predicted molar refractivity (Wildman–Crippen MR) is 163 cm³/mol. The maximum absolute atomic E-state index is 13.2. The summed E-state index contributed by atoms with van der Waals surface area (Å²) in [6.45, 7) is 4.79. The van der Waals surface area contributed by atoms with Crippen molar-refractivity contribution in [3.05, 3.63) is 83.4 Å². The Morgan fingerprint density at radius 1 is 0.905 bits per heavy atom. The van der Waals surface area contributed by atoms with Crippen molar-refractivity contribution in [3.63, 3.8) is 0 Å². The zero-order valence-electron chi connectivity index (χ0n) is 24.0. The van der Waals surface area contributed by atoms with E-state index < -0.39 is 6.10 Å². The van der Waals surface area contributed by atoms with Gasteiger partial charge in [-0.1, -0.05) is 41.9 Å². The first-order chi connectivity index (χ1) is 20.5. The summed E-state index contributed by atoms with van der Waals surface area (Å²) in [6, 6.07) is 15.3. The van der Waals surface area contributed by atoms with Crippen LogP contribution in [0.1, 0.15) is 66.6 Å². The Kier molecular flexibility index (Phi) is 8.81. The summed E-state index contributed by atoms with van der Waals surface area (Å²) in [6.07, 6.45) is 10.8. The molecule has 1 unspecified atom stereocenters. The molecule has 3 aliphatic heterocycles. The summed E-state index contributed by atoms with van der Waals surface area (Å²) in [7, 11) is 0. The molecule has 0 radical (unpaired) electrons. The van der Waals surface area contributed by atoms with Crippen LogP contribution in [0, 0.1) is 11.8 Å². The lowest BCUT2D eigenvalue weighted by Crippen LogP contribution is -2.42. The highest BCUT2D eigenvalue weighted by Gasteiger charge is 2.31. The molecule has 2 amide bonds. The van der Waals surface area contributed by atoms with Gasteiger partial charge in [0.15, 0.2) is 6.10 Å². The van der Waals surface area contributed by atoms with E-state index in [-0.39, 0.29) is 17.9 Å². The number of benzene rings is 2. The van der Waals surface area contributed by atoms with Crippen molar-refractivity contribution in [2.45, 2.75) is 50.7 Å². The number of imidazole rings is 1. The van der Waals surface area contributed by atoms with Gasteiger partial charge < -0.3 is 24.4 Å². The molecule has 4 heterocycles. The van der Waals surface area contributed by atoms with Gasteiger partial charge in [0.2, 0.25) is 0 Å². The van der Waals surface area contributed by atoms with Gasteiger partial charge in [-0.2, -0.15) is 0 Å². The molecule has 0 spiro atoms. The number of carbonyl (C=O) groups excluding carboxylic acids is 2. The van der Waals surface area contributed by atoms with Crippen molar-refractivity contribution in [2.24, 2.45) is 11.8 Å². The second kappa shape index (κ2) is 12.9. The Bertz CT molecular complexity index is 1350. The van der Waals surface area contributed by atoms with E-state index in [9.17, 15) is 14.7 Å². The van der Waals surface area contributed by atoms with Crippen LogP contribution in [-0.4, -0.2) is 75.5 Å². The van der Waals surface area contributed by atoms with Gasteiger partial charge in [0.1, 0.15) is 0 Å². The SMILES string of the molecule is O=C(c1ccc(N2CCC(CC3CCN(C(=O)[C@H](O)c4ccccc4)CC3)CC2)cc1Cl)N1CCC(n2ccnc2)C1. The van der Waals surface area contributed by atoms with E-state index in [0.29, 0.717) is 34.5 Å². The first-order valence-corrected chi connectivity index (χ1v) is 15.7. The minimum Gasteiger partial charge on any atom is -0.378 e. The zero-order chi connectivity index (χ0) is 29.1. The Balaban J connectivity index is 0.954. The molecule has 8 nitrogen and oxygen atoms in total. The van der Waals surface area contributed by atoms with Gasteiger partial charge in [-0.3, -0.25) is 9.59 Å². The first-order valence-electron chi connectivity index (χ1n) is 15.3. The average molecular weight is 590 g/mol. The Labute approximate surface area is 252 Å². The summed E-state index contributed by atoms with van der Waals surface area (Å²) in [5.41, 5.74) is 2.31. The summed E-state index contributed by atoms with van der Waals surface area (Å²) >= 11 is 6.67. The van der Waals surface area contributed by atoms with Crippen LogP contribution in [0.2, 0.25) is 5.02 Å². The van der Waals surface area contributed by atoms with Crippen molar-refractivity contribution in [1.82, 2.24) is 19.4 Å². The third kappa shape index (κ3) is 6.35. The van der Waals surface area contributed by atoms with Gasteiger partial charge in [0.05, 0.1) is 23.0 Å². The van der Waals surface area contributed by atoms with Gasteiger partial charge >= 0.3 is 0 Å². The zero-order valence-corrected chi connectivity index (χ0v) is 24.8. The van der Waals surface area contributed by atoms with Gasteiger partial charge in [-0.15, -0.1) is 0 Å². The van der Waals surface area contributed by atoms with Gasteiger partial charge in [0, 0.05) is 57.3 Å². The minimum absolute atomic E-state index is 0.00445. The number of carbonyl (C=O) groups is 2. The van der Waals surface area contributed by atoms with Crippen molar-refractivity contribution >= 4 is 29.1 Å². The third-order valence-electron chi connectivity index (χ3n) is 9.50. The van der Waals surface area contributed by atoms with Crippen LogP contribution in [0.4, 0.5) is 5.69 Å². The number of amides is 2. The normalized spacial score (nSPS) is 21.1. The lowest BCUT2D eigenvalue weighted by molar-refractivity contribution is -0.142. The number of rotatable bonds is 7. The van der Waals surface area contributed by atoms with E-state index in [1.54, 1.807) is 18.3 Å². The standard InChI is InChI=1S/C33H40ClN5O3/c34-30-21-27(6-7-29(30)32(41)38-18-12-28(22-38)39-19-13-35-23-39)36-14-8-24(9-15-36)20-25-10-16-37(17-11-25)33(42)31(40)26-4-2-1-3-5-26/h1-7,13,19,21,23-25,28,31,40H,8-12,14-18,20,22H2/t28?,31-/m1/s1. The summed E-state index contributed by atoms with van der Waals surface area (Å²) in [4.78, 5) is 36.3. The Morgan fingerprint density at radius 3 is 2.26 bits per heavy atom. The molecule has 9 heteroatoms. The molecule has 1 aromatic heterocycles. The van der Waals surface area contributed by atoms with E-state index in [1.807, 2.05) is 58.7 Å². The molecule has 3 fully saturated rings. The topological polar surface area (TPSA) is 81.9 Å². The van der Waals surface area contributed by atoms with Crippen LogP contribution < -0.4 is 4.90 Å². The van der Waals surface area contributed by atoms with E-state index in [0.717, 1.165) is 70.5 Å². The number of aliphatic hydroxyl groups is 1. The molecular weight excluding hydrogens is 550 g/mol. The second-order valence-electron chi connectivity index (χ2n) is 12.1. The monoisotopic (exact) mass is 589 g/mol. The highest BCUT2D eigenvalue weighted by molar-refractivity contribution is 6.34. The van der Waals surface area contributed by atoms with Crippen LogP contribution >= 0.6 is 11.6 Å². The van der Waals surface area contributed by atoms with E-state index >= 15 is 0 Å². The lowest BCUT2D eigenvalue weighted by atomic mass is 9.82. The summed E-state index contributed by atoms with van der Waals surface area (Å²) in [5.74, 6) is 1.12. The molecule has 0 bridgehead atoms. The Morgan fingerprint density at radius 2 is 1.60 bits per heavy atom. The number of halogens is 1. The van der Waals surface area contributed by atoms with Gasteiger partial charge in [0.25, 0.3) is 11.8 Å². The summed E-state index contributed by atoms with van der Waals surface area (Å²) < 4.78 is 2.07. The molecule has 3 aliphatic rings. The molecule has 3 aromatic rings. The smallest absolute Gasteiger partial charge is 0.256 e. The van der Waals surface area contributed by atoms with E-state index in [4.69, 9.17) is 11.6 Å². The van der Waals surface area contributed by atoms with Crippen molar-refractivity contribution < 1.29 is 14.7 Å². The van der Waals surface area contributed by atoms with Gasteiger partial charge in [-0.25, -0.2) is 4.98 Å². The third-order valence-corrected chi connectivity index (χ3v) is 9.81. The maximum Gasteiger partial charge on any atom is 0.256 e. The molecular formula is C33H40ClN5O3. The molecule has 2 atom stereocenters. The highest BCUT2D eigenvalue weighted by Crippen LogP contribution is 2.34. The number of aliphatic hydroxyl groups excluding tert-OH is 1. The van der Waals surface area contributed by atoms with Crippen LogP contribution in [0.3, 0.4) is 0 Å². The molecule has 2 aromatic carbocycles. The van der Waals surface area contributed by atoms with E-state index in [1.165, 1.54) is 6.42 Å². The largest absolute Gasteiger partial charge is 0.378 e. The number of piperidine rings is 2. The fraction of sp³-hybridized carbons (Fsp3) is 0.485. The average Bonchev–Trinajstić information content (AvgIpc) is 3.74. The van der Waals surface area contributed by atoms with Crippen molar-refractivity contribution in [3.8, 4) is 0 Å². The van der Waals surface area contributed by atoms with Crippen LogP contribution in [0.25, 0.3) is 0 Å². The van der Waals surface area contributed by atoms with E-state index in [2.05, 4.69) is 14.5 Å². The number of hydrogen-bond donors (Lipinski definition) is 1.